The minimum atomic E-state index is -0.311. The Labute approximate surface area is 118 Å². The van der Waals surface area contributed by atoms with Gasteiger partial charge in [0.2, 0.25) is 0 Å². The molecule has 0 aliphatic heterocycles. The number of amides is 1. The molecule has 106 valence electrons. The Kier molecular flexibility index (Phi) is 4.88. The van der Waals surface area contributed by atoms with Gasteiger partial charge in [-0.25, -0.2) is 0 Å². The number of aryl methyl sites for hydroxylation is 2. The Morgan fingerprint density at radius 3 is 2.53 bits per heavy atom. The molecule has 6 nitrogen and oxygen atoms in total. The molecular weight excluding hydrogens is 264 g/mol. The second-order valence-corrected chi connectivity index (χ2v) is 5.61. The van der Waals surface area contributed by atoms with Gasteiger partial charge in [0.1, 0.15) is 11.3 Å². The monoisotopic (exact) mass is 284 g/mol. The van der Waals surface area contributed by atoms with Gasteiger partial charge in [0.15, 0.2) is 5.11 Å². The summed E-state index contributed by atoms with van der Waals surface area (Å²) in [5.41, 5.74) is 6.10. The standard InChI is InChI=1S/C12H20N4O2S/c1-6-8-9(7(2)18-16-8)10(17)14-15-11(19)13-12(3,4)5/h6H2,1-5H3,(H,14,17)(H2,13,15,19). The zero-order valence-electron chi connectivity index (χ0n) is 11.9. The minimum absolute atomic E-state index is 0.170. The minimum Gasteiger partial charge on any atom is -0.361 e. The van der Waals surface area contributed by atoms with Crippen LogP contribution in [-0.2, 0) is 6.42 Å². The van der Waals surface area contributed by atoms with Gasteiger partial charge in [-0.05, 0) is 46.3 Å². The topological polar surface area (TPSA) is 79.2 Å². The van der Waals surface area contributed by atoms with Gasteiger partial charge in [0, 0.05) is 5.54 Å². The molecule has 0 aliphatic carbocycles. The molecule has 0 spiro atoms. The van der Waals surface area contributed by atoms with Gasteiger partial charge >= 0.3 is 0 Å². The first-order valence-electron chi connectivity index (χ1n) is 6.08. The normalized spacial score (nSPS) is 11.0. The molecule has 7 heteroatoms. The van der Waals surface area contributed by atoms with Gasteiger partial charge in [-0.3, -0.25) is 15.6 Å². The highest BCUT2D eigenvalue weighted by Gasteiger charge is 2.19. The predicted octanol–water partition coefficient (Wildman–Crippen LogP) is 1.45. The van der Waals surface area contributed by atoms with Crippen LogP contribution in [0.15, 0.2) is 4.52 Å². The number of hydrogen-bond donors (Lipinski definition) is 3. The van der Waals surface area contributed by atoms with E-state index in [-0.39, 0.29) is 11.4 Å². The molecule has 1 rings (SSSR count). The Hall–Kier alpha value is -1.63. The van der Waals surface area contributed by atoms with Crippen LogP contribution >= 0.6 is 12.2 Å². The van der Waals surface area contributed by atoms with E-state index in [2.05, 4.69) is 21.3 Å². The maximum atomic E-state index is 12.0. The molecule has 19 heavy (non-hydrogen) atoms. The molecule has 0 unspecified atom stereocenters. The van der Waals surface area contributed by atoms with Crippen LogP contribution in [0.4, 0.5) is 0 Å². The first kappa shape index (κ1) is 15.4. The lowest BCUT2D eigenvalue weighted by Crippen LogP contribution is -2.52. The molecule has 0 atom stereocenters. The molecule has 1 amide bonds. The number of rotatable bonds is 2. The van der Waals surface area contributed by atoms with E-state index in [9.17, 15) is 4.79 Å². The van der Waals surface area contributed by atoms with Gasteiger partial charge in [-0.2, -0.15) is 0 Å². The number of carbonyl (C=O) groups excluding carboxylic acids is 1. The van der Waals surface area contributed by atoms with E-state index in [1.54, 1.807) is 6.92 Å². The fraction of sp³-hybridized carbons (Fsp3) is 0.583. The second-order valence-electron chi connectivity index (χ2n) is 5.20. The lowest BCUT2D eigenvalue weighted by molar-refractivity contribution is 0.0941. The SMILES string of the molecule is CCc1noc(C)c1C(=O)NNC(=S)NC(C)(C)C. The van der Waals surface area contributed by atoms with Crippen molar-refractivity contribution in [2.24, 2.45) is 0 Å². The van der Waals surface area contributed by atoms with E-state index in [4.69, 9.17) is 16.7 Å². The average molecular weight is 284 g/mol. The summed E-state index contributed by atoms with van der Waals surface area (Å²) in [6, 6.07) is 0. The highest BCUT2D eigenvalue weighted by Crippen LogP contribution is 2.13. The second kappa shape index (κ2) is 6.01. The van der Waals surface area contributed by atoms with Crippen molar-refractivity contribution in [2.75, 3.05) is 0 Å². The average Bonchev–Trinajstić information content (AvgIpc) is 2.65. The lowest BCUT2D eigenvalue weighted by Gasteiger charge is -2.23. The van der Waals surface area contributed by atoms with Crippen LogP contribution in [-0.4, -0.2) is 21.7 Å². The number of aromatic nitrogens is 1. The van der Waals surface area contributed by atoms with Crippen LogP contribution in [0.3, 0.4) is 0 Å². The van der Waals surface area contributed by atoms with Crippen molar-refractivity contribution < 1.29 is 9.32 Å². The molecule has 0 fully saturated rings. The van der Waals surface area contributed by atoms with Crippen molar-refractivity contribution in [2.45, 2.75) is 46.6 Å². The molecule has 0 saturated carbocycles. The summed E-state index contributed by atoms with van der Waals surface area (Å²) >= 11 is 5.07. The summed E-state index contributed by atoms with van der Waals surface area (Å²) in [6.45, 7) is 9.53. The number of nitrogens with one attached hydrogen (secondary N) is 3. The van der Waals surface area contributed by atoms with E-state index in [0.717, 1.165) is 0 Å². The molecule has 0 radical (unpaired) electrons. The quantitative estimate of drug-likeness (QED) is 0.563. The first-order valence-corrected chi connectivity index (χ1v) is 6.49. The number of thiocarbonyl (C=S) groups is 1. The fourth-order valence-electron chi connectivity index (χ4n) is 1.50. The molecule has 3 N–H and O–H groups in total. The highest BCUT2D eigenvalue weighted by atomic mass is 32.1. The Morgan fingerprint density at radius 2 is 2.00 bits per heavy atom. The smallest absolute Gasteiger partial charge is 0.275 e. The Balaban J connectivity index is 2.61. The summed E-state index contributed by atoms with van der Waals surface area (Å²) in [5.74, 6) is 0.180. The zero-order chi connectivity index (χ0) is 14.6. The van der Waals surface area contributed by atoms with E-state index in [1.807, 2.05) is 27.7 Å². The van der Waals surface area contributed by atoms with E-state index in [1.165, 1.54) is 0 Å². The van der Waals surface area contributed by atoms with Crippen molar-refractivity contribution in [1.29, 1.82) is 0 Å². The van der Waals surface area contributed by atoms with E-state index >= 15 is 0 Å². The lowest BCUT2D eigenvalue weighted by atomic mass is 10.1. The van der Waals surface area contributed by atoms with Crippen molar-refractivity contribution in [3.8, 4) is 0 Å². The largest absolute Gasteiger partial charge is 0.361 e. The molecule has 1 aromatic rings. The molecular formula is C12H20N4O2S. The highest BCUT2D eigenvalue weighted by molar-refractivity contribution is 7.80. The van der Waals surface area contributed by atoms with Crippen LogP contribution in [0.2, 0.25) is 0 Å². The first-order chi connectivity index (χ1) is 8.74. The van der Waals surface area contributed by atoms with Crippen molar-refractivity contribution in [1.82, 2.24) is 21.3 Å². The summed E-state index contributed by atoms with van der Waals surface area (Å²) in [4.78, 5) is 12.0. The van der Waals surface area contributed by atoms with Crippen LogP contribution in [0.25, 0.3) is 0 Å². The predicted molar refractivity (Wildman–Crippen MR) is 76.7 cm³/mol. The molecule has 0 saturated heterocycles. The number of carbonyl (C=O) groups is 1. The van der Waals surface area contributed by atoms with E-state index in [0.29, 0.717) is 28.6 Å². The molecule has 1 aromatic heterocycles. The van der Waals surface area contributed by atoms with Gasteiger partial charge < -0.3 is 9.84 Å². The molecule has 0 bridgehead atoms. The Bertz CT molecular complexity index is 477. The third kappa shape index (κ3) is 4.51. The van der Waals surface area contributed by atoms with Gasteiger partial charge in [0.05, 0.1) is 5.69 Å². The summed E-state index contributed by atoms with van der Waals surface area (Å²) < 4.78 is 5.01. The van der Waals surface area contributed by atoms with Crippen LogP contribution in [0, 0.1) is 6.92 Å². The van der Waals surface area contributed by atoms with Gasteiger partial charge in [0.25, 0.3) is 5.91 Å². The van der Waals surface area contributed by atoms with Crippen molar-refractivity contribution in [3.63, 3.8) is 0 Å². The fourth-order valence-corrected chi connectivity index (χ4v) is 1.86. The number of hydrogen-bond acceptors (Lipinski definition) is 4. The van der Waals surface area contributed by atoms with Crippen LogP contribution in [0.5, 0.6) is 0 Å². The van der Waals surface area contributed by atoms with Crippen LogP contribution in [0.1, 0.15) is 49.5 Å². The van der Waals surface area contributed by atoms with E-state index < -0.39 is 0 Å². The number of nitrogens with zero attached hydrogens (tertiary/aromatic N) is 1. The summed E-state index contributed by atoms with van der Waals surface area (Å²) in [7, 11) is 0. The zero-order valence-corrected chi connectivity index (χ0v) is 12.7. The molecule has 1 heterocycles. The van der Waals surface area contributed by atoms with Gasteiger partial charge in [-0.1, -0.05) is 12.1 Å². The van der Waals surface area contributed by atoms with Crippen molar-refractivity contribution in [3.05, 3.63) is 17.0 Å². The number of hydrazine groups is 1. The molecule has 0 aliphatic rings. The summed E-state index contributed by atoms with van der Waals surface area (Å²) in [5, 5.41) is 7.21. The van der Waals surface area contributed by atoms with Crippen molar-refractivity contribution >= 4 is 23.2 Å². The maximum absolute atomic E-state index is 12.0. The van der Waals surface area contributed by atoms with Crippen LogP contribution < -0.4 is 16.2 Å². The molecule has 0 aromatic carbocycles. The third-order valence-electron chi connectivity index (χ3n) is 2.27. The Morgan fingerprint density at radius 1 is 1.37 bits per heavy atom. The van der Waals surface area contributed by atoms with Gasteiger partial charge in [-0.15, -0.1) is 0 Å². The summed E-state index contributed by atoms with van der Waals surface area (Å²) in [6.07, 6.45) is 0.630. The maximum Gasteiger partial charge on any atom is 0.275 e. The third-order valence-corrected chi connectivity index (χ3v) is 2.48.